The number of rotatable bonds is 4. The minimum absolute atomic E-state index is 0.139. The summed E-state index contributed by atoms with van der Waals surface area (Å²) in [6.07, 6.45) is 0. The molecule has 126 valence electrons. The van der Waals surface area contributed by atoms with Crippen LogP contribution in [0.4, 0.5) is 10.3 Å². The van der Waals surface area contributed by atoms with Gasteiger partial charge in [0.25, 0.3) is 5.56 Å². The van der Waals surface area contributed by atoms with Crippen molar-refractivity contribution >= 4 is 27.5 Å². The Kier molecular flexibility index (Phi) is 4.41. The lowest BCUT2D eigenvalue weighted by molar-refractivity contribution is 0.592. The summed E-state index contributed by atoms with van der Waals surface area (Å²) in [6, 6.07) is 8.60. The predicted molar refractivity (Wildman–Crippen MR) is 98.4 cm³/mol. The molecule has 3 aromatic rings. The van der Waals surface area contributed by atoms with Gasteiger partial charge in [0.05, 0.1) is 5.52 Å². The zero-order chi connectivity index (χ0) is 17.4. The van der Waals surface area contributed by atoms with Crippen molar-refractivity contribution in [3.63, 3.8) is 0 Å². The first-order valence-electron chi connectivity index (χ1n) is 7.95. The van der Waals surface area contributed by atoms with E-state index in [1.54, 1.807) is 12.1 Å². The third-order valence-corrected chi connectivity index (χ3v) is 5.03. The minimum atomic E-state index is -0.275. The molecule has 0 saturated heterocycles. The van der Waals surface area contributed by atoms with Gasteiger partial charge in [0, 0.05) is 17.0 Å². The Bertz CT molecular complexity index is 904. The van der Waals surface area contributed by atoms with E-state index in [0.29, 0.717) is 16.2 Å². The Morgan fingerprint density at radius 1 is 1.12 bits per heavy atom. The molecular formula is C18H20FN3OS. The van der Waals surface area contributed by atoms with Crippen LogP contribution in [0.1, 0.15) is 27.7 Å². The summed E-state index contributed by atoms with van der Waals surface area (Å²) in [7, 11) is 0. The van der Waals surface area contributed by atoms with Crippen LogP contribution in [0.15, 0.2) is 35.1 Å². The van der Waals surface area contributed by atoms with Gasteiger partial charge >= 0.3 is 0 Å². The summed E-state index contributed by atoms with van der Waals surface area (Å²) in [5.41, 5.74) is 1.41. The number of anilines is 1. The van der Waals surface area contributed by atoms with E-state index in [4.69, 9.17) is 0 Å². The van der Waals surface area contributed by atoms with Gasteiger partial charge in [-0.05, 0) is 51.5 Å². The summed E-state index contributed by atoms with van der Waals surface area (Å²) >= 11 is 1.37. The molecule has 0 aliphatic rings. The zero-order valence-electron chi connectivity index (χ0n) is 14.1. The molecule has 0 unspecified atom stereocenters. The van der Waals surface area contributed by atoms with E-state index in [2.05, 4.69) is 42.6 Å². The van der Waals surface area contributed by atoms with E-state index >= 15 is 0 Å². The smallest absolute Gasteiger partial charge is 0.270 e. The maximum Gasteiger partial charge on any atom is 0.270 e. The molecule has 0 bridgehead atoms. The molecule has 6 heteroatoms. The molecule has 3 rings (SSSR count). The van der Waals surface area contributed by atoms with Crippen LogP contribution in [0.2, 0.25) is 0 Å². The monoisotopic (exact) mass is 345 g/mol. The summed E-state index contributed by atoms with van der Waals surface area (Å²) in [4.78, 5) is 23.0. The van der Waals surface area contributed by atoms with Gasteiger partial charge in [-0.2, -0.15) is 0 Å². The van der Waals surface area contributed by atoms with Crippen molar-refractivity contribution in [1.82, 2.24) is 9.97 Å². The van der Waals surface area contributed by atoms with Gasteiger partial charge in [-0.3, -0.25) is 9.78 Å². The number of aromatic amines is 1. The first-order valence-corrected chi connectivity index (χ1v) is 8.76. The van der Waals surface area contributed by atoms with E-state index in [9.17, 15) is 9.18 Å². The van der Waals surface area contributed by atoms with Crippen molar-refractivity contribution in [2.75, 3.05) is 4.90 Å². The molecule has 1 aromatic carbocycles. The maximum atomic E-state index is 13.1. The number of H-pyrrole nitrogens is 1. The van der Waals surface area contributed by atoms with Gasteiger partial charge in [-0.15, -0.1) is 11.3 Å². The van der Waals surface area contributed by atoms with Crippen LogP contribution in [-0.2, 0) is 0 Å². The molecule has 4 nitrogen and oxygen atoms in total. The van der Waals surface area contributed by atoms with Crippen molar-refractivity contribution < 1.29 is 4.39 Å². The molecule has 0 saturated carbocycles. The Labute approximate surface area is 144 Å². The van der Waals surface area contributed by atoms with Gasteiger partial charge in [-0.25, -0.2) is 9.37 Å². The Hall–Kier alpha value is -2.21. The van der Waals surface area contributed by atoms with E-state index < -0.39 is 0 Å². The molecule has 2 aromatic heterocycles. The summed E-state index contributed by atoms with van der Waals surface area (Å²) in [5.74, 6) is 0.309. The van der Waals surface area contributed by atoms with Crippen LogP contribution in [0.25, 0.3) is 20.7 Å². The minimum Gasteiger partial charge on any atom is -0.337 e. The Balaban J connectivity index is 2.12. The Morgan fingerprint density at radius 3 is 2.33 bits per heavy atom. The molecule has 0 aliphatic heterocycles. The molecule has 0 atom stereocenters. The first kappa shape index (κ1) is 16.6. The Morgan fingerprint density at radius 2 is 1.75 bits per heavy atom. The average Bonchev–Trinajstić information content (AvgIpc) is 2.92. The number of halogens is 1. The molecule has 2 heterocycles. The lowest BCUT2D eigenvalue weighted by atomic mass is 10.2. The zero-order valence-corrected chi connectivity index (χ0v) is 14.9. The van der Waals surface area contributed by atoms with Gasteiger partial charge in [0.2, 0.25) is 5.95 Å². The van der Waals surface area contributed by atoms with Crippen LogP contribution in [0.5, 0.6) is 0 Å². The van der Waals surface area contributed by atoms with Crippen molar-refractivity contribution in [1.29, 1.82) is 0 Å². The fraction of sp³-hybridized carbons (Fsp3) is 0.333. The third kappa shape index (κ3) is 3.06. The number of fused-ring (bicyclic) bond motifs is 1. The predicted octanol–water partition coefficient (Wildman–Crippen LogP) is 4.41. The molecule has 1 N–H and O–H groups in total. The standard InChI is InChI=1S/C18H20FN3OS/c1-10(2)22(11(3)4)18-20-14-9-15(24-16(14)17(23)21-18)12-5-7-13(19)8-6-12/h5-11H,1-4H3,(H,20,21,23). The van der Waals surface area contributed by atoms with Crippen molar-refractivity contribution in [3.8, 4) is 10.4 Å². The molecular weight excluding hydrogens is 325 g/mol. The van der Waals surface area contributed by atoms with Crippen LogP contribution >= 0.6 is 11.3 Å². The molecule has 0 aliphatic carbocycles. The van der Waals surface area contributed by atoms with E-state index in [1.165, 1.54) is 23.5 Å². The second-order valence-corrected chi connectivity index (χ2v) is 7.37. The number of benzene rings is 1. The first-order chi connectivity index (χ1) is 11.4. The number of nitrogens with one attached hydrogen (secondary N) is 1. The van der Waals surface area contributed by atoms with Crippen LogP contribution in [0.3, 0.4) is 0 Å². The molecule has 0 spiro atoms. The highest BCUT2D eigenvalue weighted by molar-refractivity contribution is 7.22. The van der Waals surface area contributed by atoms with Crippen LogP contribution < -0.4 is 10.5 Å². The van der Waals surface area contributed by atoms with Gasteiger partial charge in [-0.1, -0.05) is 12.1 Å². The molecule has 0 radical (unpaired) electrons. The number of thiophene rings is 1. The van der Waals surface area contributed by atoms with Crippen molar-refractivity contribution in [2.45, 2.75) is 39.8 Å². The van der Waals surface area contributed by atoms with E-state index in [1.807, 2.05) is 6.07 Å². The maximum absolute atomic E-state index is 13.1. The second-order valence-electron chi connectivity index (χ2n) is 6.32. The summed E-state index contributed by atoms with van der Waals surface area (Å²) < 4.78 is 13.7. The fourth-order valence-electron chi connectivity index (χ4n) is 2.89. The summed E-state index contributed by atoms with van der Waals surface area (Å²) in [6.45, 7) is 8.28. The molecule has 0 fully saturated rings. The van der Waals surface area contributed by atoms with E-state index in [-0.39, 0.29) is 23.5 Å². The van der Waals surface area contributed by atoms with Crippen LogP contribution in [0, 0.1) is 5.82 Å². The lowest BCUT2D eigenvalue weighted by Crippen LogP contribution is -2.39. The highest BCUT2D eigenvalue weighted by Crippen LogP contribution is 2.31. The largest absolute Gasteiger partial charge is 0.337 e. The molecule has 24 heavy (non-hydrogen) atoms. The number of hydrogen-bond acceptors (Lipinski definition) is 4. The highest BCUT2D eigenvalue weighted by atomic mass is 32.1. The highest BCUT2D eigenvalue weighted by Gasteiger charge is 2.19. The number of hydrogen-bond donors (Lipinski definition) is 1. The van der Waals surface area contributed by atoms with Gasteiger partial charge < -0.3 is 4.90 Å². The lowest BCUT2D eigenvalue weighted by Gasteiger charge is -2.31. The number of nitrogens with zero attached hydrogens (tertiary/aromatic N) is 2. The third-order valence-electron chi connectivity index (χ3n) is 3.86. The van der Waals surface area contributed by atoms with Crippen molar-refractivity contribution in [2.24, 2.45) is 0 Å². The SMILES string of the molecule is CC(C)N(c1nc2cc(-c3ccc(F)cc3)sc2c(=O)[nH]1)C(C)C. The average molecular weight is 345 g/mol. The van der Waals surface area contributed by atoms with Crippen molar-refractivity contribution in [3.05, 3.63) is 46.5 Å². The molecule has 0 amide bonds. The normalized spacial score (nSPS) is 11.6. The van der Waals surface area contributed by atoms with Crippen LogP contribution in [-0.4, -0.2) is 22.1 Å². The fourth-order valence-corrected chi connectivity index (χ4v) is 3.89. The summed E-state index contributed by atoms with van der Waals surface area (Å²) in [5, 5.41) is 0. The number of aromatic nitrogens is 2. The topological polar surface area (TPSA) is 49.0 Å². The van der Waals surface area contributed by atoms with Gasteiger partial charge in [0.15, 0.2) is 0 Å². The quantitative estimate of drug-likeness (QED) is 0.762. The van der Waals surface area contributed by atoms with E-state index in [0.717, 1.165) is 10.4 Å². The second kappa shape index (κ2) is 6.36. The van der Waals surface area contributed by atoms with Gasteiger partial charge in [0.1, 0.15) is 10.5 Å².